The second-order valence-corrected chi connectivity index (χ2v) is 6.44. The molecule has 0 aliphatic heterocycles. The lowest BCUT2D eigenvalue weighted by molar-refractivity contribution is -0.117. The molecule has 0 aliphatic rings. The van der Waals surface area contributed by atoms with Crippen molar-refractivity contribution in [2.45, 2.75) is 54.4 Å². The maximum Gasteiger partial charge on any atom is 0.225 e. The van der Waals surface area contributed by atoms with E-state index in [9.17, 15) is 4.79 Å². The van der Waals surface area contributed by atoms with Gasteiger partial charge in [-0.25, -0.2) is 0 Å². The number of carbonyl (C=O) groups excluding carboxylic acids is 1. The van der Waals surface area contributed by atoms with Crippen molar-refractivity contribution in [3.8, 4) is 0 Å². The van der Waals surface area contributed by atoms with Crippen molar-refractivity contribution in [2.75, 3.05) is 5.32 Å². The first-order chi connectivity index (χ1) is 8.19. The average molecular weight is 251 g/mol. The molecular weight excluding hydrogens is 226 g/mol. The molecule has 1 heterocycles. The number of aromatic amines is 1. The molecule has 0 fully saturated rings. The monoisotopic (exact) mass is 251 g/mol. The standard InChI is InChI=1S/C14H25N3O/c1-9(8-14(4,5)6)7-12(18)15-13-10(2)11(3)16-17-13/h9H,7-8H2,1-6H3,(H2,15,16,17,18). The molecule has 0 aromatic carbocycles. The Morgan fingerprint density at radius 3 is 2.44 bits per heavy atom. The predicted octanol–water partition coefficient (Wildman–Crippen LogP) is 3.43. The fourth-order valence-corrected chi connectivity index (χ4v) is 2.22. The number of aromatic nitrogens is 2. The van der Waals surface area contributed by atoms with Crippen molar-refractivity contribution in [2.24, 2.45) is 11.3 Å². The number of hydrogen-bond acceptors (Lipinski definition) is 2. The highest BCUT2D eigenvalue weighted by atomic mass is 16.1. The Bertz CT molecular complexity index is 415. The number of amides is 1. The summed E-state index contributed by atoms with van der Waals surface area (Å²) in [6.45, 7) is 12.6. The van der Waals surface area contributed by atoms with Gasteiger partial charge in [0.2, 0.25) is 5.91 Å². The zero-order valence-electron chi connectivity index (χ0n) is 12.3. The van der Waals surface area contributed by atoms with Crippen LogP contribution >= 0.6 is 0 Å². The highest BCUT2D eigenvalue weighted by Gasteiger charge is 2.18. The lowest BCUT2D eigenvalue weighted by Crippen LogP contribution is -2.19. The van der Waals surface area contributed by atoms with E-state index in [2.05, 4.69) is 43.2 Å². The molecule has 1 aromatic heterocycles. The van der Waals surface area contributed by atoms with E-state index in [4.69, 9.17) is 0 Å². The van der Waals surface area contributed by atoms with Crippen molar-refractivity contribution in [3.63, 3.8) is 0 Å². The SMILES string of the molecule is Cc1[nH]nc(NC(=O)CC(C)CC(C)(C)C)c1C. The van der Waals surface area contributed by atoms with Gasteiger partial charge < -0.3 is 5.32 Å². The quantitative estimate of drug-likeness (QED) is 0.861. The zero-order chi connectivity index (χ0) is 13.9. The highest BCUT2D eigenvalue weighted by Crippen LogP contribution is 2.26. The molecule has 1 unspecified atom stereocenters. The van der Waals surface area contributed by atoms with Gasteiger partial charge in [-0.2, -0.15) is 5.10 Å². The van der Waals surface area contributed by atoms with Crippen LogP contribution < -0.4 is 5.32 Å². The summed E-state index contributed by atoms with van der Waals surface area (Å²) in [6, 6.07) is 0. The number of carbonyl (C=O) groups is 1. The first-order valence-electron chi connectivity index (χ1n) is 6.50. The number of nitrogens with one attached hydrogen (secondary N) is 2. The van der Waals surface area contributed by atoms with Crippen LogP contribution in [-0.2, 0) is 4.79 Å². The molecular formula is C14H25N3O. The summed E-state index contributed by atoms with van der Waals surface area (Å²) in [7, 11) is 0. The van der Waals surface area contributed by atoms with Gasteiger partial charge in [0, 0.05) is 17.7 Å². The summed E-state index contributed by atoms with van der Waals surface area (Å²) in [4.78, 5) is 11.9. The third kappa shape index (κ3) is 4.51. The van der Waals surface area contributed by atoms with Crippen molar-refractivity contribution >= 4 is 11.7 Å². The van der Waals surface area contributed by atoms with E-state index >= 15 is 0 Å². The van der Waals surface area contributed by atoms with Crippen LogP contribution in [-0.4, -0.2) is 16.1 Å². The van der Waals surface area contributed by atoms with Crippen LogP contribution in [0.2, 0.25) is 0 Å². The first-order valence-corrected chi connectivity index (χ1v) is 6.50. The van der Waals surface area contributed by atoms with Gasteiger partial charge in [0.15, 0.2) is 5.82 Å². The fraction of sp³-hybridized carbons (Fsp3) is 0.714. The number of hydrogen-bond donors (Lipinski definition) is 2. The van der Waals surface area contributed by atoms with E-state index < -0.39 is 0 Å². The summed E-state index contributed by atoms with van der Waals surface area (Å²) in [5.41, 5.74) is 2.26. The van der Waals surface area contributed by atoms with Crippen LogP contribution in [0.25, 0.3) is 0 Å². The van der Waals surface area contributed by atoms with Crippen LogP contribution in [0.4, 0.5) is 5.82 Å². The van der Waals surface area contributed by atoms with Crippen molar-refractivity contribution < 1.29 is 4.79 Å². The summed E-state index contributed by atoms with van der Waals surface area (Å²) in [6.07, 6.45) is 1.58. The minimum Gasteiger partial charge on any atom is -0.309 e. The van der Waals surface area contributed by atoms with E-state index in [0.29, 0.717) is 18.2 Å². The van der Waals surface area contributed by atoms with E-state index in [-0.39, 0.29) is 11.3 Å². The predicted molar refractivity (Wildman–Crippen MR) is 74.5 cm³/mol. The molecule has 0 saturated carbocycles. The van der Waals surface area contributed by atoms with E-state index in [0.717, 1.165) is 17.7 Å². The molecule has 1 aromatic rings. The summed E-state index contributed by atoms with van der Waals surface area (Å²) in [5, 5.41) is 9.82. The first kappa shape index (κ1) is 14.7. The third-order valence-corrected chi connectivity index (χ3v) is 3.01. The van der Waals surface area contributed by atoms with Gasteiger partial charge in [-0.3, -0.25) is 9.89 Å². The minimum absolute atomic E-state index is 0.0429. The Labute approximate surface area is 110 Å². The Morgan fingerprint density at radius 1 is 1.39 bits per heavy atom. The van der Waals surface area contributed by atoms with Gasteiger partial charge >= 0.3 is 0 Å². The summed E-state index contributed by atoms with van der Waals surface area (Å²) in [5.74, 6) is 1.08. The molecule has 1 amide bonds. The number of anilines is 1. The van der Waals surface area contributed by atoms with E-state index in [1.807, 2.05) is 13.8 Å². The van der Waals surface area contributed by atoms with Crippen LogP contribution in [0.1, 0.15) is 51.8 Å². The normalized spacial score (nSPS) is 13.4. The largest absolute Gasteiger partial charge is 0.309 e. The van der Waals surface area contributed by atoms with Crippen LogP contribution in [0.15, 0.2) is 0 Å². The molecule has 1 rings (SSSR count). The van der Waals surface area contributed by atoms with Gasteiger partial charge in [0.05, 0.1) is 0 Å². The number of aryl methyl sites for hydroxylation is 1. The molecule has 18 heavy (non-hydrogen) atoms. The Kier molecular flexibility index (Phi) is 4.54. The molecule has 4 heteroatoms. The second kappa shape index (κ2) is 5.55. The van der Waals surface area contributed by atoms with Gasteiger partial charge in [-0.15, -0.1) is 0 Å². The molecule has 0 spiro atoms. The molecule has 0 bridgehead atoms. The van der Waals surface area contributed by atoms with Gasteiger partial charge in [0.25, 0.3) is 0 Å². The number of rotatable bonds is 4. The molecule has 2 N–H and O–H groups in total. The molecule has 0 aliphatic carbocycles. The van der Waals surface area contributed by atoms with Gasteiger partial charge in [-0.1, -0.05) is 27.7 Å². The Balaban J connectivity index is 2.50. The topological polar surface area (TPSA) is 57.8 Å². The van der Waals surface area contributed by atoms with Crippen LogP contribution in [0.5, 0.6) is 0 Å². The van der Waals surface area contributed by atoms with Crippen molar-refractivity contribution in [1.29, 1.82) is 0 Å². The summed E-state index contributed by atoms with van der Waals surface area (Å²) < 4.78 is 0. The number of H-pyrrole nitrogens is 1. The van der Waals surface area contributed by atoms with E-state index in [1.54, 1.807) is 0 Å². The molecule has 4 nitrogen and oxygen atoms in total. The highest BCUT2D eigenvalue weighted by molar-refractivity contribution is 5.90. The molecule has 0 radical (unpaired) electrons. The van der Waals surface area contributed by atoms with Crippen molar-refractivity contribution in [1.82, 2.24) is 10.2 Å². The Hall–Kier alpha value is -1.32. The smallest absolute Gasteiger partial charge is 0.225 e. The molecule has 102 valence electrons. The van der Waals surface area contributed by atoms with Crippen molar-refractivity contribution in [3.05, 3.63) is 11.3 Å². The van der Waals surface area contributed by atoms with E-state index in [1.165, 1.54) is 0 Å². The third-order valence-electron chi connectivity index (χ3n) is 3.01. The number of nitrogens with zero attached hydrogens (tertiary/aromatic N) is 1. The second-order valence-electron chi connectivity index (χ2n) is 6.44. The maximum atomic E-state index is 11.9. The molecule has 0 saturated heterocycles. The average Bonchev–Trinajstić information content (AvgIpc) is 2.46. The van der Waals surface area contributed by atoms with Gasteiger partial charge in [0.1, 0.15) is 0 Å². The lowest BCUT2D eigenvalue weighted by atomic mass is 9.84. The molecule has 1 atom stereocenters. The zero-order valence-corrected chi connectivity index (χ0v) is 12.3. The Morgan fingerprint density at radius 2 is 2.00 bits per heavy atom. The fourth-order valence-electron chi connectivity index (χ4n) is 2.22. The summed E-state index contributed by atoms with van der Waals surface area (Å²) >= 11 is 0. The van der Waals surface area contributed by atoms with Crippen LogP contribution in [0, 0.1) is 25.2 Å². The lowest BCUT2D eigenvalue weighted by Gasteiger charge is -2.22. The van der Waals surface area contributed by atoms with Crippen LogP contribution in [0.3, 0.4) is 0 Å². The maximum absolute atomic E-state index is 11.9. The minimum atomic E-state index is 0.0429. The van der Waals surface area contributed by atoms with Gasteiger partial charge in [-0.05, 0) is 31.6 Å².